The molecule has 1 aliphatic carbocycles. The lowest BCUT2D eigenvalue weighted by Gasteiger charge is -2.46. The normalized spacial score (nSPS) is 23.9. The highest BCUT2D eigenvalue weighted by Gasteiger charge is 2.48. The van der Waals surface area contributed by atoms with E-state index in [4.69, 9.17) is 21.3 Å². The summed E-state index contributed by atoms with van der Waals surface area (Å²) in [6.45, 7) is 4.50. The Morgan fingerprint density at radius 1 is 1.18 bits per heavy atom. The van der Waals surface area contributed by atoms with Crippen LogP contribution < -0.4 is 5.32 Å². The van der Waals surface area contributed by atoms with Crippen LogP contribution in [-0.4, -0.2) is 28.7 Å². The van der Waals surface area contributed by atoms with Crippen molar-refractivity contribution in [1.82, 2.24) is 15.3 Å². The van der Waals surface area contributed by atoms with Gasteiger partial charge in [0.2, 0.25) is 0 Å². The van der Waals surface area contributed by atoms with Crippen molar-refractivity contribution in [3.8, 4) is 0 Å². The summed E-state index contributed by atoms with van der Waals surface area (Å²) in [5, 5.41) is 4.34. The van der Waals surface area contributed by atoms with Gasteiger partial charge in [0.1, 0.15) is 0 Å². The lowest BCUT2D eigenvalue weighted by Crippen LogP contribution is -2.47. The van der Waals surface area contributed by atoms with E-state index >= 15 is 0 Å². The van der Waals surface area contributed by atoms with Crippen molar-refractivity contribution in [1.29, 1.82) is 0 Å². The number of hydrogen-bond donors (Lipinski definition) is 1. The van der Waals surface area contributed by atoms with E-state index in [-0.39, 0.29) is 11.0 Å². The second-order valence-electron chi connectivity index (χ2n) is 8.50. The lowest BCUT2D eigenvalue weighted by molar-refractivity contribution is -0.104. The molecular weight excluding hydrogens is 370 g/mol. The van der Waals surface area contributed by atoms with Crippen molar-refractivity contribution >= 4 is 11.6 Å². The molecule has 1 aliphatic heterocycles. The molecular formula is C23H30ClN3O. The second-order valence-corrected chi connectivity index (χ2v) is 8.91. The molecule has 1 atom stereocenters. The molecule has 4 rings (SSSR count). The smallest absolute Gasteiger partial charge is 0.0691 e. The molecule has 4 nitrogen and oxygen atoms in total. The summed E-state index contributed by atoms with van der Waals surface area (Å²) in [6, 6.07) is 8.34. The van der Waals surface area contributed by atoms with Gasteiger partial charge in [-0.05, 0) is 69.3 Å². The molecule has 1 N–H and O–H groups in total. The molecule has 2 fully saturated rings. The molecule has 150 valence electrons. The van der Waals surface area contributed by atoms with Crippen LogP contribution in [-0.2, 0) is 16.7 Å². The van der Waals surface area contributed by atoms with Crippen LogP contribution in [0.1, 0.15) is 61.9 Å². The molecule has 1 unspecified atom stereocenters. The quantitative estimate of drug-likeness (QED) is 0.696. The van der Waals surface area contributed by atoms with E-state index in [1.807, 2.05) is 31.5 Å². The molecule has 2 aromatic rings. The number of aromatic nitrogens is 2. The highest BCUT2D eigenvalue weighted by molar-refractivity contribution is 6.31. The third-order valence-corrected chi connectivity index (χ3v) is 6.95. The van der Waals surface area contributed by atoms with Gasteiger partial charge < -0.3 is 10.1 Å². The number of ether oxygens (including phenoxy) is 1. The molecule has 0 radical (unpaired) electrons. The Morgan fingerprint density at radius 2 is 2.04 bits per heavy atom. The van der Waals surface area contributed by atoms with Crippen LogP contribution in [0, 0.1) is 6.92 Å². The zero-order valence-corrected chi connectivity index (χ0v) is 17.5. The zero-order valence-electron chi connectivity index (χ0n) is 16.7. The van der Waals surface area contributed by atoms with E-state index < -0.39 is 0 Å². The summed E-state index contributed by atoms with van der Waals surface area (Å²) in [5.41, 5.74) is 3.40. The molecule has 0 amide bonds. The van der Waals surface area contributed by atoms with Gasteiger partial charge in [-0.15, -0.1) is 0 Å². The van der Waals surface area contributed by atoms with Crippen molar-refractivity contribution in [2.24, 2.45) is 0 Å². The molecule has 5 heteroatoms. The summed E-state index contributed by atoms with van der Waals surface area (Å²) in [5.74, 6) is 0. The fraction of sp³-hybridized carbons (Fsp3) is 0.565. The number of halogens is 1. The highest BCUT2D eigenvalue weighted by Crippen LogP contribution is 2.49. The second kappa shape index (κ2) is 8.48. The van der Waals surface area contributed by atoms with Crippen LogP contribution in [0.25, 0.3) is 0 Å². The first-order valence-corrected chi connectivity index (χ1v) is 10.9. The predicted octanol–water partition coefficient (Wildman–Crippen LogP) is 4.98. The number of hydrogen-bond acceptors (Lipinski definition) is 4. The van der Waals surface area contributed by atoms with Crippen molar-refractivity contribution in [3.05, 3.63) is 58.6 Å². The monoisotopic (exact) mass is 399 g/mol. The fourth-order valence-corrected chi connectivity index (χ4v) is 5.19. The summed E-state index contributed by atoms with van der Waals surface area (Å²) in [6.07, 6.45) is 12.0. The van der Waals surface area contributed by atoms with Crippen LogP contribution in [0.2, 0.25) is 5.02 Å². The van der Waals surface area contributed by atoms with Gasteiger partial charge in [-0.1, -0.05) is 30.5 Å². The molecule has 3 heterocycles. The van der Waals surface area contributed by atoms with Gasteiger partial charge in [0.25, 0.3) is 0 Å². The molecule has 2 aromatic heterocycles. The van der Waals surface area contributed by atoms with Gasteiger partial charge in [-0.25, -0.2) is 0 Å². The largest absolute Gasteiger partial charge is 0.375 e. The third kappa shape index (κ3) is 4.24. The predicted molar refractivity (Wildman–Crippen MR) is 113 cm³/mol. The van der Waals surface area contributed by atoms with Gasteiger partial charge in [-0.2, -0.15) is 0 Å². The van der Waals surface area contributed by atoms with Crippen LogP contribution in [0.3, 0.4) is 0 Å². The minimum atomic E-state index is 0.0736. The topological polar surface area (TPSA) is 47.0 Å². The van der Waals surface area contributed by atoms with Crippen LogP contribution >= 0.6 is 11.6 Å². The van der Waals surface area contributed by atoms with E-state index in [0.717, 1.165) is 55.2 Å². The van der Waals surface area contributed by atoms with Crippen molar-refractivity contribution in [2.75, 3.05) is 13.2 Å². The van der Waals surface area contributed by atoms with Crippen molar-refractivity contribution in [2.45, 2.75) is 69.4 Å². The fourth-order valence-electron chi connectivity index (χ4n) is 5.00. The van der Waals surface area contributed by atoms with Crippen LogP contribution in [0.15, 0.2) is 36.7 Å². The average Bonchev–Trinajstić information content (AvgIpc) is 3.16. The van der Waals surface area contributed by atoms with Gasteiger partial charge in [0.05, 0.1) is 16.3 Å². The van der Waals surface area contributed by atoms with Crippen molar-refractivity contribution in [3.63, 3.8) is 0 Å². The Hall–Kier alpha value is -1.49. The van der Waals surface area contributed by atoms with Gasteiger partial charge in [-0.3, -0.25) is 9.97 Å². The number of aryl methyl sites for hydroxylation is 1. The lowest BCUT2D eigenvalue weighted by atomic mass is 9.68. The highest BCUT2D eigenvalue weighted by atomic mass is 35.5. The Balaban J connectivity index is 1.45. The first kappa shape index (κ1) is 19.8. The zero-order chi connectivity index (χ0) is 19.5. The molecule has 1 saturated carbocycles. The van der Waals surface area contributed by atoms with Gasteiger partial charge >= 0.3 is 0 Å². The Bertz CT molecular complexity index is 792. The molecule has 0 bridgehead atoms. The molecule has 1 spiro atoms. The molecule has 2 aliphatic rings. The van der Waals surface area contributed by atoms with Gasteiger partial charge in [0.15, 0.2) is 0 Å². The van der Waals surface area contributed by atoms with E-state index in [1.165, 1.54) is 31.4 Å². The molecule has 0 aromatic carbocycles. The molecule has 1 saturated heterocycles. The Morgan fingerprint density at radius 3 is 2.79 bits per heavy atom. The van der Waals surface area contributed by atoms with E-state index in [9.17, 15) is 0 Å². The third-order valence-electron chi connectivity index (χ3n) is 6.56. The first-order chi connectivity index (χ1) is 13.6. The minimum Gasteiger partial charge on any atom is -0.375 e. The number of pyridine rings is 2. The first-order valence-electron chi connectivity index (χ1n) is 10.5. The van der Waals surface area contributed by atoms with E-state index in [0.29, 0.717) is 0 Å². The standard InChI is InChI=1S/C23H30ClN3O/c1-18-20(24)14-19(16-27-18)15-25-12-9-22(21-6-2-5-11-26-21)10-13-28-23(17-22)7-3-4-8-23/h2,5-6,11,14,16,25H,3-4,7-10,12-13,15,17H2,1H3. The van der Waals surface area contributed by atoms with E-state index in [2.05, 4.69) is 22.4 Å². The summed E-state index contributed by atoms with van der Waals surface area (Å²) < 4.78 is 6.33. The molecule has 28 heavy (non-hydrogen) atoms. The SMILES string of the molecule is Cc1ncc(CNCCC2(c3ccccn3)CCOC3(CCCC3)C2)cc1Cl. The van der Waals surface area contributed by atoms with Crippen LogP contribution in [0.4, 0.5) is 0 Å². The number of nitrogens with one attached hydrogen (secondary N) is 1. The van der Waals surface area contributed by atoms with Crippen LogP contribution in [0.5, 0.6) is 0 Å². The Kier molecular flexibility index (Phi) is 6.00. The van der Waals surface area contributed by atoms with E-state index in [1.54, 1.807) is 0 Å². The maximum atomic E-state index is 6.33. The van der Waals surface area contributed by atoms with Crippen molar-refractivity contribution < 1.29 is 4.74 Å². The number of rotatable bonds is 6. The summed E-state index contributed by atoms with van der Waals surface area (Å²) in [7, 11) is 0. The maximum Gasteiger partial charge on any atom is 0.0691 e. The summed E-state index contributed by atoms with van der Waals surface area (Å²) in [4.78, 5) is 9.13. The minimum absolute atomic E-state index is 0.0736. The maximum absolute atomic E-state index is 6.33. The van der Waals surface area contributed by atoms with Gasteiger partial charge in [0, 0.05) is 36.7 Å². The average molecular weight is 400 g/mol. The Labute approximate surface area is 173 Å². The summed E-state index contributed by atoms with van der Waals surface area (Å²) >= 11 is 6.21. The number of nitrogens with zero attached hydrogens (tertiary/aromatic N) is 2.